The molecule has 2 aromatic rings. The molecule has 1 N–H and O–H groups in total. The fourth-order valence-corrected chi connectivity index (χ4v) is 5.23. The Bertz CT molecular complexity index is 937. The lowest BCUT2D eigenvalue weighted by atomic mass is 10.1. The van der Waals surface area contributed by atoms with Crippen molar-refractivity contribution in [3.05, 3.63) is 51.8 Å². The van der Waals surface area contributed by atoms with Gasteiger partial charge in [0.05, 0.1) is 29.7 Å². The maximum absolute atomic E-state index is 12.3. The van der Waals surface area contributed by atoms with E-state index >= 15 is 0 Å². The Balaban J connectivity index is 1.68. The van der Waals surface area contributed by atoms with Crippen LogP contribution in [0.2, 0.25) is 5.02 Å². The normalized spacial score (nSPS) is 18.8. The molecule has 1 saturated heterocycles. The van der Waals surface area contributed by atoms with E-state index < -0.39 is 9.84 Å². The summed E-state index contributed by atoms with van der Waals surface area (Å²) in [6.07, 6.45) is 0.782. The molecule has 6 nitrogen and oxygen atoms in total. The predicted octanol–water partition coefficient (Wildman–Crippen LogP) is 2.37. The molecule has 1 aromatic carbocycles. The van der Waals surface area contributed by atoms with Gasteiger partial charge in [-0.25, -0.2) is 8.42 Å². The van der Waals surface area contributed by atoms with Crippen molar-refractivity contribution in [3.8, 4) is 0 Å². The predicted molar refractivity (Wildman–Crippen MR) is 101 cm³/mol. The van der Waals surface area contributed by atoms with Crippen LogP contribution in [0.3, 0.4) is 0 Å². The van der Waals surface area contributed by atoms with Crippen LogP contribution in [-0.4, -0.2) is 35.6 Å². The largest absolute Gasteiger partial charge is 0.352 e. The molecule has 0 bridgehead atoms. The van der Waals surface area contributed by atoms with Gasteiger partial charge in [-0.1, -0.05) is 29.8 Å². The van der Waals surface area contributed by atoms with Gasteiger partial charge in [0.25, 0.3) is 0 Å². The molecule has 3 rings (SSSR count). The number of carbonyl (C=O) groups excluding carboxylic acids is 1. The smallest absolute Gasteiger partial charge is 0.224 e. The minimum atomic E-state index is -2.98. The van der Waals surface area contributed by atoms with E-state index in [0.29, 0.717) is 18.0 Å². The summed E-state index contributed by atoms with van der Waals surface area (Å²) in [5.74, 6) is 0.200. The van der Waals surface area contributed by atoms with Crippen molar-refractivity contribution in [2.75, 3.05) is 11.5 Å². The highest BCUT2D eigenvalue weighted by Gasteiger charge is 2.31. The summed E-state index contributed by atoms with van der Waals surface area (Å²) >= 11 is 6.10. The molecule has 1 aromatic heterocycles. The van der Waals surface area contributed by atoms with Crippen LogP contribution >= 0.6 is 11.6 Å². The zero-order chi connectivity index (χ0) is 18.9. The van der Waals surface area contributed by atoms with E-state index in [1.54, 1.807) is 10.7 Å². The van der Waals surface area contributed by atoms with Gasteiger partial charge in [-0.2, -0.15) is 5.10 Å². The molecule has 1 aliphatic rings. The van der Waals surface area contributed by atoms with Crippen molar-refractivity contribution in [3.63, 3.8) is 0 Å². The number of nitrogens with one attached hydrogen (secondary N) is 1. The number of amides is 1. The molecule has 1 atom stereocenters. The van der Waals surface area contributed by atoms with E-state index in [2.05, 4.69) is 10.4 Å². The SMILES string of the molecule is Cc1nn([C@H]2CCS(=O)(=O)C2)c(C)c1CC(=O)NCc1ccccc1Cl. The Kier molecular flexibility index (Phi) is 5.39. The summed E-state index contributed by atoms with van der Waals surface area (Å²) in [7, 11) is -2.98. The lowest BCUT2D eigenvalue weighted by Crippen LogP contribution is -2.25. The lowest BCUT2D eigenvalue weighted by molar-refractivity contribution is -0.120. The molecule has 1 fully saturated rings. The maximum Gasteiger partial charge on any atom is 0.224 e. The number of rotatable bonds is 5. The van der Waals surface area contributed by atoms with Gasteiger partial charge >= 0.3 is 0 Å². The van der Waals surface area contributed by atoms with Crippen LogP contribution in [0.1, 0.15) is 35.0 Å². The van der Waals surface area contributed by atoms with Crippen molar-refractivity contribution >= 4 is 27.3 Å². The lowest BCUT2D eigenvalue weighted by Gasteiger charge is -2.11. The quantitative estimate of drug-likeness (QED) is 0.842. The maximum atomic E-state index is 12.3. The number of nitrogens with zero attached hydrogens (tertiary/aromatic N) is 2. The number of hydrogen-bond acceptors (Lipinski definition) is 4. The van der Waals surface area contributed by atoms with Gasteiger partial charge in [0, 0.05) is 22.8 Å². The fraction of sp³-hybridized carbons (Fsp3) is 0.444. The van der Waals surface area contributed by atoms with Crippen molar-refractivity contribution in [1.29, 1.82) is 0 Å². The first kappa shape index (κ1) is 18.9. The average Bonchev–Trinajstić information content (AvgIpc) is 3.07. The summed E-state index contributed by atoms with van der Waals surface area (Å²) < 4.78 is 25.2. The highest BCUT2D eigenvalue weighted by Crippen LogP contribution is 2.27. The van der Waals surface area contributed by atoms with E-state index in [0.717, 1.165) is 22.5 Å². The molecule has 140 valence electrons. The van der Waals surface area contributed by atoms with Crippen molar-refractivity contribution < 1.29 is 13.2 Å². The van der Waals surface area contributed by atoms with Crippen LogP contribution in [0.5, 0.6) is 0 Å². The number of hydrogen-bond donors (Lipinski definition) is 1. The topological polar surface area (TPSA) is 81.1 Å². The first-order valence-electron chi connectivity index (χ1n) is 8.52. The van der Waals surface area contributed by atoms with Crippen LogP contribution in [0.25, 0.3) is 0 Å². The van der Waals surface area contributed by atoms with E-state index in [1.165, 1.54) is 0 Å². The molecule has 0 aliphatic carbocycles. The zero-order valence-electron chi connectivity index (χ0n) is 14.8. The van der Waals surface area contributed by atoms with Gasteiger partial charge in [-0.05, 0) is 31.9 Å². The average molecular weight is 396 g/mol. The van der Waals surface area contributed by atoms with Gasteiger partial charge < -0.3 is 5.32 Å². The van der Waals surface area contributed by atoms with Crippen LogP contribution in [0, 0.1) is 13.8 Å². The van der Waals surface area contributed by atoms with Gasteiger partial charge in [0.2, 0.25) is 5.91 Å². The van der Waals surface area contributed by atoms with Crippen LogP contribution in [0.4, 0.5) is 0 Å². The minimum Gasteiger partial charge on any atom is -0.352 e. The van der Waals surface area contributed by atoms with E-state index in [1.807, 2.05) is 32.0 Å². The molecule has 1 aliphatic heterocycles. The van der Waals surface area contributed by atoms with Crippen molar-refractivity contribution in [2.24, 2.45) is 0 Å². The summed E-state index contributed by atoms with van der Waals surface area (Å²) in [6, 6.07) is 7.24. The van der Waals surface area contributed by atoms with Crippen molar-refractivity contribution in [1.82, 2.24) is 15.1 Å². The fourth-order valence-electron chi connectivity index (χ4n) is 3.34. The summed E-state index contributed by atoms with van der Waals surface area (Å²) in [4.78, 5) is 12.3. The molecular weight excluding hydrogens is 374 g/mol. The standard InChI is InChI=1S/C18H22ClN3O3S/c1-12-16(9-18(23)20-10-14-5-3-4-6-17(14)19)13(2)22(21-12)15-7-8-26(24,25)11-15/h3-6,15H,7-11H2,1-2H3,(H,20,23)/t15-/m0/s1. The van der Waals surface area contributed by atoms with Gasteiger partial charge in [0.15, 0.2) is 9.84 Å². The second-order valence-electron chi connectivity index (χ2n) is 6.70. The second kappa shape index (κ2) is 7.40. The third-order valence-corrected chi connectivity index (χ3v) is 6.92. The Morgan fingerprint density at radius 3 is 2.73 bits per heavy atom. The highest BCUT2D eigenvalue weighted by atomic mass is 35.5. The summed E-state index contributed by atoms with van der Waals surface area (Å²) in [5.41, 5.74) is 3.34. The summed E-state index contributed by atoms with van der Waals surface area (Å²) in [5, 5.41) is 7.99. The molecule has 0 saturated carbocycles. The Morgan fingerprint density at radius 2 is 2.08 bits per heavy atom. The Hall–Kier alpha value is -1.86. The molecule has 0 unspecified atom stereocenters. The molecule has 1 amide bonds. The summed E-state index contributed by atoms with van der Waals surface area (Å²) in [6.45, 7) is 4.11. The Morgan fingerprint density at radius 1 is 1.35 bits per heavy atom. The number of aromatic nitrogens is 2. The third-order valence-electron chi connectivity index (χ3n) is 4.80. The monoisotopic (exact) mass is 395 g/mol. The zero-order valence-corrected chi connectivity index (χ0v) is 16.4. The number of benzene rings is 1. The first-order chi connectivity index (χ1) is 12.3. The van der Waals surface area contributed by atoms with E-state index in [9.17, 15) is 13.2 Å². The van der Waals surface area contributed by atoms with Gasteiger partial charge in [-0.3, -0.25) is 9.48 Å². The number of halogens is 1. The van der Waals surface area contributed by atoms with E-state index in [-0.39, 0.29) is 29.9 Å². The van der Waals surface area contributed by atoms with Crippen LogP contribution < -0.4 is 5.32 Å². The number of carbonyl (C=O) groups is 1. The number of sulfone groups is 1. The van der Waals surface area contributed by atoms with Crippen molar-refractivity contribution in [2.45, 2.75) is 39.3 Å². The van der Waals surface area contributed by atoms with E-state index in [4.69, 9.17) is 11.6 Å². The van der Waals surface area contributed by atoms with Gasteiger partial charge in [-0.15, -0.1) is 0 Å². The second-order valence-corrected chi connectivity index (χ2v) is 9.33. The molecule has 0 radical (unpaired) electrons. The van der Waals surface area contributed by atoms with Gasteiger partial charge in [0.1, 0.15) is 0 Å². The van der Waals surface area contributed by atoms with Crippen LogP contribution in [0.15, 0.2) is 24.3 Å². The first-order valence-corrected chi connectivity index (χ1v) is 10.7. The molecule has 0 spiro atoms. The molecular formula is C18H22ClN3O3S. The Labute approximate surface area is 158 Å². The number of aryl methyl sites for hydroxylation is 1. The third kappa shape index (κ3) is 4.10. The molecule has 2 heterocycles. The minimum absolute atomic E-state index is 0.116. The highest BCUT2D eigenvalue weighted by molar-refractivity contribution is 7.91. The van der Waals surface area contributed by atoms with Crippen LogP contribution in [-0.2, 0) is 27.6 Å². The molecule has 8 heteroatoms. The molecule has 26 heavy (non-hydrogen) atoms.